The second kappa shape index (κ2) is 10.1. The van der Waals surface area contributed by atoms with Crippen molar-refractivity contribution in [3.8, 4) is 17.4 Å². The van der Waals surface area contributed by atoms with E-state index in [0.29, 0.717) is 35.7 Å². The van der Waals surface area contributed by atoms with Gasteiger partial charge in [0.25, 0.3) is 11.8 Å². The Kier molecular flexibility index (Phi) is 7.17. The first-order chi connectivity index (χ1) is 16.3. The molecule has 3 aromatic rings. The maximum atomic E-state index is 13.0. The topological polar surface area (TPSA) is 94.8 Å². The van der Waals surface area contributed by atoms with E-state index >= 15 is 0 Å². The van der Waals surface area contributed by atoms with Crippen LogP contribution in [-0.2, 0) is 4.79 Å². The van der Waals surface area contributed by atoms with Crippen LogP contribution in [0.15, 0.2) is 64.1 Å². The predicted molar refractivity (Wildman–Crippen MR) is 139 cm³/mol. The zero-order valence-corrected chi connectivity index (χ0v) is 21.2. The van der Waals surface area contributed by atoms with E-state index in [1.165, 1.54) is 30.3 Å². The molecule has 1 aliphatic heterocycles. The summed E-state index contributed by atoms with van der Waals surface area (Å²) in [5.74, 6) is 0.103. The van der Waals surface area contributed by atoms with Gasteiger partial charge in [0.05, 0.1) is 27.6 Å². The van der Waals surface area contributed by atoms with E-state index in [-0.39, 0.29) is 23.2 Å². The van der Waals surface area contributed by atoms with E-state index in [2.05, 4.69) is 20.9 Å². The molecule has 34 heavy (non-hydrogen) atoms. The molecule has 2 heterocycles. The summed E-state index contributed by atoms with van der Waals surface area (Å²) in [7, 11) is 1.44. The summed E-state index contributed by atoms with van der Waals surface area (Å²) in [6.45, 7) is 0. The van der Waals surface area contributed by atoms with Crippen molar-refractivity contribution >= 4 is 79.2 Å². The number of hydrogen-bond donors (Lipinski definition) is 0. The Bertz CT molecular complexity index is 1370. The first kappa shape index (κ1) is 24.1. The van der Waals surface area contributed by atoms with Crippen molar-refractivity contribution in [1.29, 1.82) is 0 Å². The molecule has 1 amide bonds. The number of hydrogen-bond acceptors (Lipinski definition) is 8. The lowest BCUT2D eigenvalue weighted by Gasteiger charge is -2.15. The molecule has 0 unspecified atom stereocenters. The summed E-state index contributed by atoms with van der Waals surface area (Å²) in [4.78, 5) is 29.5. The summed E-state index contributed by atoms with van der Waals surface area (Å²) < 4.78 is 12.1. The molecule has 1 aromatic heterocycles. The highest BCUT2D eigenvalue weighted by Gasteiger charge is 2.33. The standard InChI is InChI=1S/C22H13BrClN3O5S2/c1-31-18-9-12(4-7-17(18)32-20-16(27(29)30)3-2-8-25-20)10-19-21(28)26(22(33)34-19)13-5-6-14(23)15(24)11-13/h2-11H,1H3/b19-10-. The third-order valence-corrected chi connectivity index (χ3v) is 7.13. The third kappa shape index (κ3) is 4.92. The lowest BCUT2D eigenvalue weighted by Crippen LogP contribution is -2.27. The molecule has 0 atom stereocenters. The second-order valence-corrected chi connectivity index (χ2v) is 9.65. The van der Waals surface area contributed by atoms with E-state index in [1.807, 2.05) is 0 Å². The summed E-state index contributed by atoms with van der Waals surface area (Å²) in [6, 6.07) is 12.8. The summed E-state index contributed by atoms with van der Waals surface area (Å²) in [5, 5.41) is 11.7. The number of anilines is 1. The van der Waals surface area contributed by atoms with Gasteiger partial charge in [-0.1, -0.05) is 41.6 Å². The quantitative estimate of drug-likeness (QED) is 0.140. The van der Waals surface area contributed by atoms with Crippen LogP contribution in [0.1, 0.15) is 5.56 Å². The Morgan fingerprint density at radius 3 is 2.74 bits per heavy atom. The monoisotopic (exact) mass is 577 g/mol. The number of nitro groups is 1. The van der Waals surface area contributed by atoms with Crippen LogP contribution in [0.2, 0.25) is 5.02 Å². The van der Waals surface area contributed by atoms with Crippen molar-refractivity contribution in [1.82, 2.24) is 4.98 Å². The van der Waals surface area contributed by atoms with Gasteiger partial charge in [-0.3, -0.25) is 19.8 Å². The first-order valence-electron chi connectivity index (χ1n) is 9.47. The fourth-order valence-electron chi connectivity index (χ4n) is 3.03. The van der Waals surface area contributed by atoms with Crippen molar-refractivity contribution in [2.75, 3.05) is 12.0 Å². The highest BCUT2D eigenvalue weighted by Crippen LogP contribution is 2.40. The number of amides is 1. The zero-order chi connectivity index (χ0) is 24.4. The SMILES string of the molecule is COc1cc(/C=C2\SC(=S)N(c3ccc(Br)c(Cl)c3)C2=O)ccc1Oc1ncccc1[N+](=O)[O-]. The number of thioether (sulfide) groups is 1. The minimum absolute atomic E-state index is 0.160. The molecule has 0 bridgehead atoms. The number of carbonyl (C=O) groups is 1. The summed E-state index contributed by atoms with van der Waals surface area (Å²) in [5.41, 5.74) is 0.941. The van der Waals surface area contributed by atoms with E-state index in [4.69, 9.17) is 33.3 Å². The smallest absolute Gasteiger partial charge is 0.331 e. The molecule has 1 aliphatic rings. The van der Waals surface area contributed by atoms with E-state index < -0.39 is 4.92 Å². The minimum atomic E-state index is -0.580. The van der Waals surface area contributed by atoms with E-state index in [1.54, 1.807) is 42.5 Å². The highest BCUT2D eigenvalue weighted by molar-refractivity contribution is 9.10. The average Bonchev–Trinajstić information content (AvgIpc) is 3.09. The molecule has 1 fully saturated rings. The molecule has 0 spiro atoms. The van der Waals surface area contributed by atoms with Gasteiger partial charge in [0.2, 0.25) is 0 Å². The van der Waals surface area contributed by atoms with Crippen molar-refractivity contribution in [3.05, 3.63) is 84.8 Å². The molecule has 0 N–H and O–H groups in total. The lowest BCUT2D eigenvalue weighted by molar-refractivity contribution is -0.386. The van der Waals surface area contributed by atoms with Gasteiger partial charge in [-0.2, -0.15) is 0 Å². The molecule has 12 heteroatoms. The van der Waals surface area contributed by atoms with Crippen molar-refractivity contribution in [2.24, 2.45) is 0 Å². The van der Waals surface area contributed by atoms with Crippen molar-refractivity contribution < 1.29 is 19.2 Å². The maximum Gasteiger partial charge on any atom is 0.331 e. The Labute approximate surface area is 216 Å². The Morgan fingerprint density at radius 2 is 2.03 bits per heavy atom. The summed E-state index contributed by atoms with van der Waals surface area (Å²) in [6.07, 6.45) is 3.07. The predicted octanol–water partition coefficient (Wildman–Crippen LogP) is 6.61. The van der Waals surface area contributed by atoms with Crippen LogP contribution >= 0.6 is 51.5 Å². The molecule has 4 rings (SSSR count). The molecule has 2 aromatic carbocycles. The van der Waals surface area contributed by atoms with Gasteiger partial charge in [-0.25, -0.2) is 4.98 Å². The molecule has 0 aliphatic carbocycles. The number of benzene rings is 2. The lowest BCUT2D eigenvalue weighted by atomic mass is 10.1. The zero-order valence-electron chi connectivity index (χ0n) is 17.2. The number of pyridine rings is 1. The van der Waals surface area contributed by atoms with Crippen LogP contribution in [0.25, 0.3) is 6.08 Å². The van der Waals surface area contributed by atoms with Gasteiger partial charge in [0, 0.05) is 16.7 Å². The number of nitrogens with zero attached hydrogens (tertiary/aromatic N) is 3. The van der Waals surface area contributed by atoms with Crippen LogP contribution in [0.4, 0.5) is 11.4 Å². The number of thiocarbonyl (C=S) groups is 1. The number of methoxy groups -OCH3 is 1. The number of aromatic nitrogens is 1. The third-order valence-electron chi connectivity index (χ3n) is 4.59. The van der Waals surface area contributed by atoms with Crippen LogP contribution in [0.5, 0.6) is 17.4 Å². The Hall–Kier alpha value is -2.99. The molecule has 172 valence electrons. The number of carbonyl (C=O) groups excluding carboxylic acids is 1. The van der Waals surface area contributed by atoms with Gasteiger partial charge < -0.3 is 9.47 Å². The second-order valence-electron chi connectivity index (χ2n) is 6.71. The highest BCUT2D eigenvalue weighted by atomic mass is 79.9. The molecule has 1 saturated heterocycles. The fraction of sp³-hybridized carbons (Fsp3) is 0.0455. The van der Waals surface area contributed by atoms with Gasteiger partial charge in [0.15, 0.2) is 15.8 Å². The fourth-order valence-corrected chi connectivity index (χ4v) is 4.75. The van der Waals surface area contributed by atoms with Crippen LogP contribution in [0, 0.1) is 10.1 Å². The maximum absolute atomic E-state index is 13.0. The van der Waals surface area contributed by atoms with Gasteiger partial charge in [-0.15, -0.1) is 0 Å². The van der Waals surface area contributed by atoms with E-state index in [9.17, 15) is 14.9 Å². The molecule has 0 radical (unpaired) electrons. The van der Waals surface area contributed by atoms with Gasteiger partial charge in [0.1, 0.15) is 0 Å². The Balaban J connectivity index is 1.61. The van der Waals surface area contributed by atoms with Crippen LogP contribution in [0.3, 0.4) is 0 Å². The molecular formula is C22H13BrClN3O5S2. The van der Waals surface area contributed by atoms with Gasteiger partial charge in [-0.05, 0) is 64.0 Å². The first-order valence-corrected chi connectivity index (χ1v) is 11.9. The van der Waals surface area contributed by atoms with Crippen LogP contribution in [-0.4, -0.2) is 27.2 Å². The number of ether oxygens (including phenoxy) is 2. The Morgan fingerprint density at radius 1 is 1.24 bits per heavy atom. The number of halogens is 2. The average molecular weight is 579 g/mol. The minimum Gasteiger partial charge on any atom is -0.493 e. The molecule has 0 saturated carbocycles. The summed E-state index contributed by atoms with van der Waals surface area (Å²) >= 11 is 16.1. The molecule has 8 nitrogen and oxygen atoms in total. The molecular weight excluding hydrogens is 566 g/mol. The number of rotatable bonds is 6. The van der Waals surface area contributed by atoms with Crippen molar-refractivity contribution in [2.45, 2.75) is 0 Å². The van der Waals surface area contributed by atoms with E-state index in [0.717, 1.165) is 11.8 Å². The normalized spacial score (nSPS) is 14.6. The van der Waals surface area contributed by atoms with Crippen LogP contribution < -0.4 is 14.4 Å². The largest absolute Gasteiger partial charge is 0.493 e. The van der Waals surface area contributed by atoms with Crippen molar-refractivity contribution in [3.63, 3.8) is 0 Å². The van der Waals surface area contributed by atoms with Gasteiger partial charge >= 0.3 is 5.69 Å².